The molecule has 22 heavy (non-hydrogen) atoms. The number of carbonyl (C=O) groups is 1. The first-order valence-electron chi connectivity index (χ1n) is 7.15. The number of anilines is 1. The molecule has 2 N–H and O–H groups in total. The Kier molecular flexibility index (Phi) is 4.38. The first-order valence-corrected chi connectivity index (χ1v) is 7.15. The Morgan fingerprint density at radius 3 is 2.82 bits per heavy atom. The third-order valence-corrected chi connectivity index (χ3v) is 3.21. The molecule has 0 bridgehead atoms. The van der Waals surface area contributed by atoms with Crippen molar-refractivity contribution in [2.45, 2.75) is 0 Å². The van der Waals surface area contributed by atoms with E-state index in [0.717, 1.165) is 5.69 Å². The highest BCUT2D eigenvalue weighted by molar-refractivity contribution is 5.94. The van der Waals surface area contributed by atoms with Crippen LogP contribution < -0.4 is 20.1 Å². The van der Waals surface area contributed by atoms with Crippen molar-refractivity contribution < 1.29 is 14.3 Å². The maximum absolute atomic E-state index is 12.1. The van der Waals surface area contributed by atoms with Gasteiger partial charge in [-0.25, -0.2) is 0 Å². The molecule has 0 radical (unpaired) electrons. The lowest BCUT2D eigenvalue weighted by molar-refractivity contribution is 0.0954. The molecule has 0 saturated heterocycles. The standard InChI is InChI=1S/C16H17N3O3/c20-16(19-7-6-18-13-2-1-5-17-11-13)12-3-4-14-15(10-12)22-9-8-21-14/h1-5,10-11,18H,6-9H2,(H,19,20). The number of aromatic nitrogens is 1. The molecule has 1 aromatic carbocycles. The van der Waals surface area contributed by atoms with Crippen molar-refractivity contribution in [2.75, 3.05) is 31.6 Å². The molecule has 6 heteroatoms. The highest BCUT2D eigenvalue weighted by Crippen LogP contribution is 2.30. The summed E-state index contributed by atoms with van der Waals surface area (Å²) in [5.41, 5.74) is 1.49. The second kappa shape index (κ2) is 6.80. The molecule has 2 aromatic rings. The highest BCUT2D eigenvalue weighted by atomic mass is 16.6. The van der Waals surface area contributed by atoms with Crippen LogP contribution in [0.15, 0.2) is 42.7 Å². The third kappa shape index (κ3) is 3.46. The number of nitrogens with zero attached hydrogens (tertiary/aromatic N) is 1. The van der Waals surface area contributed by atoms with E-state index >= 15 is 0 Å². The fourth-order valence-electron chi connectivity index (χ4n) is 2.14. The number of ether oxygens (including phenoxy) is 2. The Morgan fingerprint density at radius 2 is 2.00 bits per heavy atom. The molecule has 6 nitrogen and oxygen atoms in total. The number of benzene rings is 1. The van der Waals surface area contributed by atoms with Crippen molar-refractivity contribution in [2.24, 2.45) is 0 Å². The second-order valence-electron chi connectivity index (χ2n) is 4.78. The first kappa shape index (κ1) is 14.2. The summed E-state index contributed by atoms with van der Waals surface area (Å²) in [6, 6.07) is 8.98. The average molecular weight is 299 g/mol. The number of pyridine rings is 1. The number of rotatable bonds is 5. The fraction of sp³-hybridized carbons (Fsp3) is 0.250. The monoisotopic (exact) mass is 299 g/mol. The van der Waals surface area contributed by atoms with Crippen LogP contribution in [0.1, 0.15) is 10.4 Å². The van der Waals surface area contributed by atoms with Gasteiger partial charge in [-0.15, -0.1) is 0 Å². The van der Waals surface area contributed by atoms with Gasteiger partial charge in [0.15, 0.2) is 11.5 Å². The van der Waals surface area contributed by atoms with Crippen LogP contribution in [0, 0.1) is 0 Å². The minimum atomic E-state index is -0.134. The molecule has 1 amide bonds. The maximum atomic E-state index is 12.1. The van der Waals surface area contributed by atoms with Gasteiger partial charge in [0, 0.05) is 31.0 Å². The predicted molar refractivity (Wildman–Crippen MR) is 82.5 cm³/mol. The molecule has 114 valence electrons. The number of nitrogens with one attached hydrogen (secondary N) is 2. The van der Waals surface area contributed by atoms with Crippen molar-refractivity contribution in [3.63, 3.8) is 0 Å². The van der Waals surface area contributed by atoms with Crippen molar-refractivity contribution in [1.29, 1.82) is 0 Å². The molecule has 0 atom stereocenters. The predicted octanol–water partition coefficient (Wildman–Crippen LogP) is 1.69. The van der Waals surface area contributed by atoms with Crippen LogP contribution >= 0.6 is 0 Å². The summed E-state index contributed by atoms with van der Waals surface area (Å²) in [6.45, 7) is 2.19. The molecule has 1 aromatic heterocycles. The summed E-state index contributed by atoms with van der Waals surface area (Å²) in [7, 11) is 0. The van der Waals surface area contributed by atoms with Crippen LogP contribution in [-0.2, 0) is 0 Å². The van der Waals surface area contributed by atoms with Crippen molar-refractivity contribution in [1.82, 2.24) is 10.3 Å². The quantitative estimate of drug-likeness (QED) is 0.822. The van der Waals surface area contributed by atoms with Crippen molar-refractivity contribution >= 4 is 11.6 Å². The molecule has 2 heterocycles. The first-order chi connectivity index (χ1) is 10.8. The van der Waals surface area contributed by atoms with E-state index in [1.165, 1.54) is 0 Å². The molecule has 0 fully saturated rings. The molecule has 0 unspecified atom stereocenters. The van der Waals surface area contributed by atoms with Gasteiger partial charge in [-0.3, -0.25) is 9.78 Å². The number of hydrogen-bond donors (Lipinski definition) is 2. The second-order valence-corrected chi connectivity index (χ2v) is 4.78. The Hall–Kier alpha value is -2.76. The van der Waals surface area contributed by atoms with E-state index in [0.29, 0.717) is 43.4 Å². The minimum absolute atomic E-state index is 0.134. The van der Waals surface area contributed by atoms with Gasteiger partial charge in [0.05, 0.1) is 5.69 Å². The van der Waals surface area contributed by atoms with Gasteiger partial charge in [-0.1, -0.05) is 0 Å². The summed E-state index contributed by atoms with van der Waals surface area (Å²) >= 11 is 0. The van der Waals surface area contributed by atoms with E-state index in [1.807, 2.05) is 12.1 Å². The van der Waals surface area contributed by atoms with Crippen LogP contribution in [0.4, 0.5) is 5.69 Å². The molecular weight excluding hydrogens is 282 g/mol. The lowest BCUT2D eigenvalue weighted by atomic mass is 10.2. The summed E-state index contributed by atoms with van der Waals surface area (Å²) in [5.74, 6) is 1.17. The summed E-state index contributed by atoms with van der Waals surface area (Å²) in [6.07, 6.45) is 3.46. The van der Waals surface area contributed by atoms with Gasteiger partial charge in [0.2, 0.25) is 0 Å². The molecule has 1 aliphatic rings. The van der Waals surface area contributed by atoms with E-state index in [9.17, 15) is 4.79 Å². The Morgan fingerprint density at radius 1 is 1.14 bits per heavy atom. The number of amides is 1. The SMILES string of the molecule is O=C(NCCNc1cccnc1)c1ccc2c(c1)OCCO2. The van der Waals surface area contributed by atoms with Crippen LogP contribution in [0.3, 0.4) is 0 Å². The molecule has 0 aliphatic carbocycles. The molecule has 0 spiro atoms. The molecule has 0 saturated carbocycles. The topological polar surface area (TPSA) is 72.5 Å². The normalized spacial score (nSPS) is 12.5. The number of carbonyl (C=O) groups excluding carboxylic acids is 1. The van der Waals surface area contributed by atoms with Crippen LogP contribution in [-0.4, -0.2) is 37.2 Å². The minimum Gasteiger partial charge on any atom is -0.486 e. The average Bonchev–Trinajstić information content (AvgIpc) is 2.59. The van der Waals surface area contributed by atoms with Crippen molar-refractivity contribution in [3.05, 3.63) is 48.3 Å². The zero-order valence-corrected chi connectivity index (χ0v) is 12.0. The van der Waals surface area contributed by atoms with Gasteiger partial charge in [-0.05, 0) is 30.3 Å². The van der Waals surface area contributed by atoms with E-state index in [4.69, 9.17) is 9.47 Å². The van der Waals surface area contributed by atoms with E-state index in [1.54, 1.807) is 30.6 Å². The smallest absolute Gasteiger partial charge is 0.251 e. The lowest BCUT2D eigenvalue weighted by Crippen LogP contribution is -2.29. The van der Waals surface area contributed by atoms with Crippen LogP contribution in [0.25, 0.3) is 0 Å². The maximum Gasteiger partial charge on any atom is 0.251 e. The van der Waals surface area contributed by atoms with Gasteiger partial charge in [0.1, 0.15) is 13.2 Å². The van der Waals surface area contributed by atoms with Gasteiger partial charge >= 0.3 is 0 Å². The zero-order valence-electron chi connectivity index (χ0n) is 12.0. The summed E-state index contributed by atoms with van der Waals surface area (Å²) in [5, 5.41) is 6.04. The lowest BCUT2D eigenvalue weighted by Gasteiger charge is -2.18. The highest BCUT2D eigenvalue weighted by Gasteiger charge is 2.14. The van der Waals surface area contributed by atoms with E-state index < -0.39 is 0 Å². The summed E-state index contributed by atoms with van der Waals surface area (Å²) < 4.78 is 10.9. The van der Waals surface area contributed by atoms with E-state index in [2.05, 4.69) is 15.6 Å². The fourth-order valence-corrected chi connectivity index (χ4v) is 2.14. The zero-order chi connectivity index (χ0) is 15.2. The molecule has 1 aliphatic heterocycles. The Balaban J connectivity index is 1.49. The Labute approximate surface area is 128 Å². The summed E-state index contributed by atoms with van der Waals surface area (Å²) in [4.78, 5) is 16.1. The van der Waals surface area contributed by atoms with Gasteiger partial charge in [0.25, 0.3) is 5.91 Å². The Bertz CT molecular complexity index is 646. The third-order valence-electron chi connectivity index (χ3n) is 3.21. The largest absolute Gasteiger partial charge is 0.486 e. The van der Waals surface area contributed by atoms with Crippen LogP contribution in [0.5, 0.6) is 11.5 Å². The van der Waals surface area contributed by atoms with Crippen LogP contribution in [0.2, 0.25) is 0 Å². The molecular formula is C16H17N3O3. The number of hydrogen-bond acceptors (Lipinski definition) is 5. The number of fused-ring (bicyclic) bond motifs is 1. The van der Waals surface area contributed by atoms with Crippen molar-refractivity contribution in [3.8, 4) is 11.5 Å². The van der Waals surface area contributed by atoms with Gasteiger partial charge in [-0.2, -0.15) is 0 Å². The molecule has 3 rings (SSSR count). The van der Waals surface area contributed by atoms with E-state index in [-0.39, 0.29) is 5.91 Å². The van der Waals surface area contributed by atoms with Gasteiger partial charge < -0.3 is 20.1 Å².